The molecule has 19 heteroatoms. The fourth-order valence-corrected chi connectivity index (χ4v) is 11.6. The molecule has 0 aromatic rings. The summed E-state index contributed by atoms with van der Waals surface area (Å²) in [5.74, 6) is -0.625. The van der Waals surface area contributed by atoms with Gasteiger partial charge >= 0.3 is 39.5 Å². The lowest BCUT2D eigenvalue weighted by atomic mass is 10.0. The molecule has 0 aromatic heterocycles. The normalized spacial score (nSPS) is 14.2. The van der Waals surface area contributed by atoms with Crippen LogP contribution in [0.4, 0.5) is 0 Å². The fraction of sp³-hybridized carbons (Fsp3) is 0.940. The number of aliphatic hydroxyl groups excluding tert-OH is 1. The molecule has 0 saturated heterocycles. The molecule has 86 heavy (non-hydrogen) atoms. The lowest BCUT2D eigenvalue weighted by molar-refractivity contribution is -0.161. The van der Waals surface area contributed by atoms with E-state index in [0.717, 1.165) is 109 Å². The lowest BCUT2D eigenvalue weighted by Gasteiger charge is -2.21. The highest BCUT2D eigenvalue weighted by atomic mass is 31.2. The quantitative estimate of drug-likeness (QED) is 0.0222. The van der Waals surface area contributed by atoms with Crippen LogP contribution in [0.15, 0.2) is 0 Å². The number of ether oxygens (including phenoxy) is 4. The van der Waals surface area contributed by atoms with Crippen LogP contribution >= 0.6 is 15.6 Å². The standard InChI is InChI=1S/C67H130O17P2/c1-7-9-11-13-15-17-26-32-39-45-51-66(71)83-62(55-77-64(69)49-43-37-31-16-14-12-10-8-2)57-81-85(73,74)79-53-61(68)54-80-86(75,76)82-58-63(56-78-65(70)50-44-38-34-28-30-36-42-48-60(5)6)84-67(72)52-46-40-33-27-24-22-20-18-19-21-23-25-29-35-41-47-59(3)4/h59-63,68H,7-58H2,1-6H3,(H,73,74)(H,75,76)/t61-,62+,63+/m0/s1. The number of hydrogen-bond donors (Lipinski definition) is 3. The van der Waals surface area contributed by atoms with Crippen molar-refractivity contribution in [1.82, 2.24) is 0 Å². The maximum absolute atomic E-state index is 13.0. The van der Waals surface area contributed by atoms with E-state index in [1.807, 2.05) is 0 Å². The van der Waals surface area contributed by atoms with E-state index in [4.69, 9.17) is 37.0 Å². The molecule has 0 rings (SSSR count). The molecule has 0 amide bonds. The molecular formula is C67H130O17P2. The Morgan fingerprint density at radius 2 is 0.535 bits per heavy atom. The van der Waals surface area contributed by atoms with Crippen LogP contribution in [-0.2, 0) is 65.4 Å². The number of carbonyl (C=O) groups excluding carboxylic acids is 4. The molecule has 0 radical (unpaired) electrons. The van der Waals surface area contributed by atoms with Crippen molar-refractivity contribution >= 4 is 39.5 Å². The van der Waals surface area contributed by atoms with Crippen molar-refractivity contribution in [3.05, 3.63) is 0 Å². The van der Waals surface area contributed by atoms with Gasteiger partial charge in [0.15, 0.2) is 12.2 Å². The molecule has 5 atom stereocenters. The second kappa shape index (κ2) is 59.4. The summed E-state index contributed by atoms with van der Waals surface area (Å²) in [6.45, 7) is 9.46. The highest BCUT2D eigenvalue weighted by Gasteiger charge is 2.30. The third-order valence-corrected chi connectivity index (χ3v) is 17.4. The molecule has 0 heterocycles. The Kier molecular flexibility index (Phi) is 58.0. The summed E-state index contributed by atoms with van der Waals surface area (Å²) in [6, 6.07) is 0. The second-order valence-electron chi connectivity index (χ2n) is 25.2. The van der Waals surface area contributed by atoms with Crippen LogP contribution in [-0.4, -0.2) is 96.7 Å². The van der Waals surface area contributed by atoms with E-state index >= 15 is 0 Å². The second-order valence-corrected chi connectivity index (χ2v) is 28.1. The van der Waals surface area contributed by atoms with Crippen molar-refractivity contribution in [3.8, 4) is 0 Å². The van der Waals surface area contributed by atoms with Gasteiger partial charge < -0.3 is 33.8 Å². The van der Waals surface area contributed by atoms with Crippen LogP contribution in [0.5, 0.6) is 0 Å². The monoisotopic (exact) mass is 1270 g/mol. The number of hydrogen-bond acceptors (Lipinski definition) is 15. The van der Waals surface area contributed by atoms with Crippen molar-refractivity contribution in [2.45, 2.75) is 355 Å². The first-order valence-electron chi connectivity index (χ1n) is 35.0. The Morgan fingerprint density at radius 3 is 0.791 bits per heavy atom. The third-order valence-electron chi connectivity index (χ3n) is 15.5. The van der Waals surface area contributed by atoms with E-state index in [9.17, 15) is 43.2 Å². The third kappa shape index (κ3) is 60.9. The molecule has 0 aliphatic carbocycles. The van der Waals surface area contributed by atoms with Gasteiger partial charge in [-0.25, -0.2) is 9.13 Å². The Morgan fingerprint density at radius 1 is 0.314 bits per heavy atom. The van der Waals surface area contributed by atoms with E-state index in [2.05, 4.69) is 41.5 Å². The fourth-order valence-electron chi connectivity index (χ4n) is 10.1. The maximum atomic E-state index is 13.0. The number of rotatable bonds is 66. The topological polar surface area (TPSA) is 237 Å². The van der Waals surface area contributed by atoms with Gasteiger partial charge in [-0.1, -0.05) is 286 Å². The van der Waals surface area contributed by atoms with Crippen molar-refractivity contribution in [3.63, 3.8) is 0 Å². The van der Waals surface area contributed by atoms with E-state index in [1.165, 1.54) is 141 Å². The summed E-state index contributed by atoms with van der Waals surface area (Å²) in [6.07, 6.45) is 43.2. The molecule has 0 spiro atoms. The van der Waals surface area contributed by atoms with E-state index in [-0.39, 0.29) is 25.7 Å². The van der Waals surface area contributed by atoms with Crippen LogP contribution in [0.2, 0.25) is 0 Å². The summed E-state index contributed by atoms with van der Waals surface area (Å²) in [5.41, 5.74) is 0. The summed E-state index contributed by atoms with van der Waals surface area (Å²) < 4.78 is 68.0. The summed E-state index contributed by atoms with van der Waals surface area (Å²) in [5, 5.41) is 10.5. The van der Waals surface area contributed by atoms with Crippen LogP contribution in [0, 0.1) is 11.8 Å². The molecule has 0 bridgehead atoms. The molecule has 0 aromatic carbocycles. The molecular weight excluding hydrogens is 1140 g/mol. The minimum Gasteiger partial charge on any atom is -0.462 e. The predicted molar refractivity (Wildman–Crippen MR) is 345 cm³/mol. The zero-order chi connectivity index (χ0) is 63.6. The van der Waals surface area contributed by atoms with Gasteiger partial charge in [-0.3, -0.25) is 37.3 Å². The first kappa shape index (κ1) is 84.1. The molecule has 0 aliphatic heterocycles. The van der Waals surface area contributed by atoms with Crippen molar-refractivity contribution in [2.24, 2.45) is 11.8 Å². The van der Waals surface area contributed by atoms with Gasteiger partial charge in [0, 0.05) is 25.7 Å². The Bertz CT molecular complexity index is 1680. The van der Waals surface area contributed by atoms with Gasteiger partial charge in [-0.05, 0) is 37.5 Å². The largest absolute Gasteiger partial charge is 0.472 e. The van der Waals surface area contributed by atoms with Crippen molar-refractivity contribution < 1.29 is 80.2 Å². The summed E-state index contributed by atoms with van der Waals surface area (Å²) >= 11 is 0. The number of aliphatic hydroxyl groups is 1. The number of phosphoric acid groups is 2. The van der Waals surface area contributed by atoms with Gasteiger partial charge in [0.25, 0.3) is 0 Å². The van der Waals surface area contributed by atoms with Crippen molar-refractivity contribution in [2.75, 3.05) is 39.6 Å². The lowest BCUT2D eigenvalue weighted by Crippen LogP contribution is -2.30. The van der Waals surface area contributed by atoms with Crippen LogP contribution in [0.1, 0.15) is 337 Å². The van der Waals surface area contributed by atoms with E-state index < -0.39 is 97.5 Å². The van der Waals surface area contributed by atoms with E-state index in [1.54, 1.807) is 0 Å². The first-order chi connectivity index (χ1) is 41.4. The Hall–Kier alpha value is -1.94. The SMILES string of the molecule is CCCCCCCCCCCCC(=O)O[C@H](COC(=O)CCCCCCCCCC)COP(=O)(O)OC[C@H](O)COP(=O)(O)OC[C@@H](COC(=O)CCCCCCCCCC(C)C)OC(=O)CCCCCCCCCCCCCCCCCC(C)C. The van der Waals surface area contributed by atoms with Gasteiger partial charge in [-0.2, -0.15) is 0 Å². The van der Waals surface area contributed by atoms with Crippen LogP contribution < -0.4 is 0 Å². The highest BCUT2D eigenvalue weighted by Crippen LogP contribution is 2.45. The molecule has 510 valence electrons. The minimum atomic E-state index is -4.95. The molecule has 0 saturated carbocycles. The average molecular weight is 1270 g/mol. The number of unbranched alkanes of at least 4 members (excludes halogenated alkanes) is 36. The zero-order valence-electron chi connectivity index (χ0n) is 55.6. The molecule has 0 aliphatic rings. The smallest absolute Gasteiger partial charge is 0.462 e. The molecule has 17 nitrogen and oxygen atoms in total. The Balaban J connectivity index is 5.18. The number of esters is 4. The van der Waals surface area contributed by atoms with Crippen molar-refractivity contribution in [1.29, 1.82) is 0 Å². The Labute approximate surface area is 524 Å². The summed E-state index contributed by atoms with van der Waals surface area (Å²) in [7, 11) is -9.89. The van der Waals surface area contributed by atoms with Gasteiger partial charge in [0.2, 0.25) is 0 Å². The van der Waals surface area contributed by atoms with Crippen LogP contribution in [0.25, 0.3) is 0 Å². The number of carbonyl (C=O) groups is 4. The zero-order valence-corrected chi connectivity index (χ0v) is 57.4. The van der Waals surface area contributed by atoms with Gasteiger partial charge in [0.1, 0.15) is 19.3 Å². The molecule has 2 unspecified atom stereocenters. The molecule has 0 fully saturated rings. The number of phosphoric ester groups is 2. The highest BCUT2D eigenvalue weighted by molar-refractivity contribution is 7.47. The van der Waals surface area contributed by atoms with Gasteiger partial charge in [-0.15, -0.1) is 0 Å². The van der Waals surface area contributed by atoms with Crippen LogP contribution in [0.3, 0.4) is 0 Å². The van der Waals surface area contributed by atoms with Gasteiger partial charge in [0.05, 0.1) is 26.4 Å². The summed E-state index contributed by atoms with van der Waals surface area (Å²) in [4.78, 5) is 72.2. The molecule has 3 N–H and O–H groups in total. The maximum Gasteiger partial charge on any atom is 0.472 e. The predicted octanol–water partition coefficient (Wildman–Crippen LogP) is 18.8. The first-order valence-corrected chi connectivity index (χ1v) is 38.0. The van der Waals surface area contributed by atoms with E-state index in [0.29, 0.717) is 31.6 Å². The minimum absolute atomic E-state index is 0.106. The average Bonchev–Trinajstić information content (AvgIpc) is 3.49.